The quantitative estimate of drug-likeness (QED) is 0.759. The Hall–Kier alpha value is -1.10. The van der Waals surface area contributed by atoms with Gasteiger partial charge in [0.05, 0.1) is 13.7 Å². The maximum atomic E-state index is 5.61. The molecule has 1 saturated carbocycles. The van der Waals surface area contributed by atoms with Gasteiger partial charge < -0.3 is 14.4 Å². The number of hydrogen-bond donors (Lipinski definition) is 0. The minimum absolute atomic E-state index is 0.424. The highest BCUT2D eigenvalue weighted by molar-refractivity contribution is 5.33. The van der Waals surface area contributed by atoms with E-state index in [0.717, 1.165) is 24.8 Å². The average Bonchev–Trinajstić information content (AvgIpc) is 3.25. The lowest BCUT2D eigenvalue weighted by atomic mass is 9.77. The first kappa shape index (κ1) is 17.3. The lowest BCUT2D eigenvalue weighted by Crippen LogP contribution is -2.36. The standard InChI is InChI=1S/C21H32N2O2/c1-24-14-19-13-23(11-17-7-8-17)16-21(19)9-10-22(15-21)12-18-5-3-4-6-20(18)25-2/h3-6,17,19H,7-16H2,1-2H3/t19-,21-/m0/s1. The molecule has 0 amide bonds. The summed E-state index contributed by atoms with van der Waals surface area (Å²) in [4.78, 5) is 5.36. The first-order chi connectivity index (χ1) is 12.2. The zero-order chi connectivity index (χ0) is 17.3. The van der Waals surface area contributed by atoms with Crippen LogP contribution in [0, 0.1) is 17.3 Å². The van der Waals surface area contributed by atoms with Crippen molar-refractivity contribution in [1.82, 2.24) is 9.80 Å². The van der Waals surface area contributed by atoms with Gasteiger partial charge in [-0.15, -0.1) is 0 Å². The van der Waals surface area contributed by atoms with Crippen LogP contribution in [-0.2, 0) is 11.3 Å². The molecule has 2 atom stereocenters. The number of likely N-dealkylation sites (tertiary alicyclic amines) is 2. The molecule has 25 heavy (non-hydrogen) atoms. The number of ether oxygens (including phenoxy) is 2. The average molecular weight is 344 g/mol. The van der Waals surface area contributed by atoms with Gasteiger partial charge in [-0.3, -0.25) is 4.90 Å². The summed E-state index contributed by atoms with van der Waals surface area (Å²) >= 11 is 0. The molecule has 1 spiro atoms. The van der Waals surface area contributed by atoms with Crippen molar-refractivity contribution in [2.45, 2.75) is 25.8 Å². The lowest BCUT2D eigenvalue weighted by molar-refractivity contribution is 0.0958. The number of benzene rings is 1. The van der Waals surface area contributed by atoms with Crippen molar-refractivity contribution in [3.63, 3.8) is 0 Å². The lowest BCUT2D eigenvalue weighted by Gasteiger charge is -2.30. The molecule has 2 heterocycles. The third-order valence-electron chi connectivity index (χ3n) is 6.52. The van der Waals surface area contributed by atoms with Gasteiger partial charge in [0.1, 0.15) is 5.75 Å². The van der Waals surface area contributed by atoms with Gasteiger partial charge in [0.2, 0.25) is 0 Å². The summed E-state index contributed by atoms with van der Waals surface area (Å²) in [7, 11) is 3.63. The van der Waals surface area contributed by atoms with E-state index in [0.29, 0.717) is 11.3 Å². The van der Waals surface area contributed by atoms with Gasteiger partial charge in [0.15, 0.2) is 0 Å². The van der Waals surface area contributed by atoms with Crippen molar-refractivity contribution in [2.24, 2.45) is 17.3 Å². The SMILES string of the molecule is COC[C@@H]1CN(CC2CC2)C[C@@]12CCN(Cc1ccccc1OC)C2. The minimum Gasteiger partial charge on any atom is -0.496 e. The van der Waals surface area contributed by atoms with Gasteiger partial charge in [0, 0.05) is 56.7 Å². The summed E-state index contributed by atoms with van der Waals surface area (Å²) in [6, 6.07) is 8.44. The maximum absolute atomic E-state index is 5.61. The molecule has 4 heteroatoms. The van der Waals surface area contributed by atoms with Gasteiger partial charge in [-0.05, 0) is 37.8 Å². The summed E-state index contributed by atoms with van der Waals surface area (Å²) in [5.74, 6) is 2.67. The number of hydrogen-bond acceptors (Lipinski definition) is 4. The highest BCUT2D eigenvalue weighted by Gasteiger charge is 2.50. The maximum Gasteiger partial charge on any atom is 0.123 e. The normalized spacial score (nSPS) is 30.4. The predicted molar refractivity (Wildman–Crippen MR) is 99.9 cm³/mol. The summed E-state index contributed by atoms with van der Waals surface area (Å²) in [5, 5.41) is 0. The summed E-state index contributed by atoms with van der Waals surface area (Å²) in [5.41, 5.74) is 1.73. The monoisotopic (exact) mass is 344 g/mol. The molecule has 3 fully saturated rings. The second-order valence-corrected chi connectivity index (χ2v) is 8.42. The number of nitrogens with zero attached hydrogens (tertiary/aromatic N) is 2. The second-order valence-electron chi connectivity index (χ2n) is 8.42. The molecule has 1 aromatic rings. The molecule has 0 bridgehead atoms. The summed E-state index contributed by atoms with van der Waals surface area (Å²) < 4.78 is 11.2. The molecule has 4 rings (SSSR count). The molecule has 0 aromatic heterocycles. The molecule has 0 unspecified atom stereocenters. The zero-order valence-corrected chi connectivity index (χ0v) is 15.7. The Bertz CT molecular complexity index is 589. The Balaban J connectivity index is 1.43. The fourth-order valence-corrected chi connectivity index (χ4v) is 5.04. The molecule has 2 aliphatic heterocycles. The molecule has 138 valence electrons. The largest absolute Gasteiger partial charge is 0.496 e. The van der Waals surface area contributed by atoms with Gasteiger partial charge in [-0.2, -0.15) is 0 Å². The van der Waals surface area contributed by atoms with E-state index in [4.69, 9.17) is 9.47 Å². The fraction of sp³-hybridized carbons (Fsp3) is 0.714. The zero-order valence-electron chi connectivity index (χ0n) is 15.7. The van der Waals surface area contributed by atoms with E-state index in [-0.39, 0.29) is 0 Å². The predicted octanol–water partition coefficient (Wildman–Crippen LogP) is 2.88. The van der Waals surface area contributed by atoms with E-state index in [1.54, 1.807) is 7.11 Å². The van der Waals surface area contributed by atoms with Crippen LogP contribution < -0.4 is 4.74 Å². The Kier molecular flexibility index (Phi) is 5.03. The molecule has 0 radical (unpaired) electrons. The van der Waals surface area contributed by atoms with Crippen LogP contribution in [0.3, 0.4) is 0 Å². The van der Waals surface area contributed by atoms with Crippen molar-refractivity contribution in [3.05, 3.63) is 29.8 Å². The van der Waals surface area contributed by atoms with Crippen LogP contribution in [0.2, 0.25) is 0 Å². The van der Waals surface area contributed by atoms with E-state index >= 15 is 0 Å². The van der Waals surface area contributed by atoms with Crippen molar-refractivity contribution in [2.75, 3.05) is 53.6 Å². The first-order valence-electron chi connectivity index (χ1n) is 9.78. The molecule has 0 N–H and O–H groups in total. The Labute approximate surface area is 152 Å². The summed E-state index contributed by atoms with van der Waals surface area (Å²) in [6.07, 6.45) is 4.19. The van der Waals surface area contributed by atoms with Crippen LogP contribution in [-0.4, -0.2) is 63.4 Å². The van der Waals surface area contributed by atoms with Crippen LogP contribution in [0.1, 0.15) is 24.8 Å². The third kappa shape index (κ3) is 3.71. The van der Waals surface area contributed by atoms with E-state index < -0.39 is 0 Å². The van der Waals surface area contributed by atoms with E-state index in [1.165, 1.54) is 57.5 Å². The first-order valence-corrected chi connectivity index (χ1v) is 9.78. The highest BCUT2D eigenvalue weighted by atomic mass is 16.5. The highest BCUT2D eigenvalue weighted by Crippen LogP contribution is 2.45. The van der Waals surface area contributed by atoms with Crippen molar-refractivity contribution in [3.8, 4) is 5.75 Å². The Morgan fingerprint density at radius 1 is 1.12 bits per heavy atom. The van der Waals surface area contributed by atoms with Gasteiger partial charge in [0.25, 0.3) is 0 Å². The van der Waals surface area contributed by atoms with Crippen LogP contribution in [0.5, 0.6) is 5.75 Å². The number of rotatable bonds is 7. The Morgan fingerprint density at radius 3 is 2.68 bits per heavy atom. The fourth-order valence-electron chi connectivity index (χ4n) is 5.04. The van der Waals surface area contributed by atoms with Crippen molar-refractivity contribution in [1.29, 1.82) is 0 Å². The molecule has 1 aliphatic carbocycles. The molecule has 1 aromatic carbocycles. The molecular weight excluding hydrogens is 312 g/mol. The topological polar surface area (TPSA) is 24.9 Å². The molecule has 3 aliphatic rings. The second kappa shape index (κ2) is 7.26. The summed E-state index contributed by atoms with van der Waals surface area (Å²) in [6.45, 7) is 8.09. The Morgan fingerprint density at radius 2 is 1.92 bits per heavy atom. The van der Waals surface area contributed by atoms with E-state index in [9.17, 15) is 0 Å². The van der Waals surface area contributed by atoms with E-state index in [1.807, 2.05) is 7.11 Å². The minimum atomic E-state index is 0.424. The van der Waals surface area contributed by atoms with Crippen LogP contribution in [0.4, 0.5) is 0 Å². The van der Waals surface area contributed by atoms with Gasteiger partial charge in [-0.1, -0.05) is 18.2 Å². The van der Waals surface area contributed by atoms with Crippen molar-refractivity contribution < 1.29 is 9.47 Å². The van der Waals surface area contributed by atoms with Gasteiger partial charge >= 0.3 is 0 Å². The number of methoxy groups -OCH3 is 2. The van der Waals surface area contributed by atoms with Gasteiger partial charge in [-0.25, -0.2) is 0 Å². The molecular formula is C21H32N2O2. The van der Waals surface area contributed by atoms with E-state index in [2.05, 4.69) is 34.1 Å². The van der Waals surface area contributed by atoms with Crippen LogP contribution in [0.25, 0.3) is 0 Å². The van der Waals surface area contributed by atoms with Crippen molar-refractivity contribution >= 4 is 0 Å². The third-order valence-corrected chi connectivity index (χ3v) is 6.52. The smallest absolute Gasteiger partial charge is 0.123 e. The van der Waals surface area contributed by atoms with Crippen LogP contribution in [0.15, 0.2) is 24.3 Å². The van der Waals surface area contributed by atoms with Crippen LogP contribution >= 0.6 is 0 Å². The molecule has 2 saturated heterocycles. The number of para-hydroxylation sites is 1. The molecule has 4 nitrogen and oxygen atoms in total.